The Balaban J connectivity index is 1.68. The third-order valence-electron chi connectivity index (χ3n) is 4.19. The van der Waals surface area contributed by atoms with Gasteiger partial charge in [-0.2, -0.15) is 0 Å². The van der Waals surface area contributed by atoms with Gasteiger partial charge < -0.3 is 9.84 Å². The smallest absolute Gasteiger partial charge is 0.270 e. The number of phenols is 1. The van der Waals surface area contributed by atoms with Gasteiger partial charge >= 0.3 is 0 Å². The van der Waals surface area contributed by atoms with Gasteiger partial charge in [0.15, 0.2) is 4.32 Å². The van der Waals surface area contributed by atoms with E-state index >= 15 is 0 Å². The minimum Gasteiger partial charge on any atom is -0.508 e. The second-order valence-corrected chi connectivity index (χ2v) is 7.65. The number of nitrogens with zero attached hydrogens (tertiary/aromatic N) is 1. The first-order valence-corrected chi connectivity index (χ1v) is 9.29. The Morgan fingerprint density at radius 2 is 2.04 bits per heavy atom. The van der Waals surface area contributed by atoms with Crippen molar-refractivity contribution in [3.63, 3.8) is 0 Å². The number of hydrogen-bond acceptors (Lipinski definition) is 5. The lowest BCUT2D eigenvalue weighted by molar-refractivity contribution is -0.113. The molecular formula is C20H15NO3S2. The maximum absolute atomic E-state index is 12.9. The Morgan fingerprint density at radius 1 is 1.23 bits per heavy atom. The molecule has 2 aromatic rings. The zero-order valence-corrected chi connectivity index (χ0v) is 15.5. The Morgan fingerprint density at radius 3 is 2.85 bits per heavy atom. The van der Waals surface area contributed by atoms with E-state index in [9.17, 15) is 9.90 Å². The van der Waals surface area contributed by atoms with Gasteiger partial charge in [-0.05, 0) is 42.8 Å². The summed E-state index contributed by atoms with van der Waals surface area (Å²) in [6, 6.07) is 14.3. The predicted molar refractivity (Wildman–Crippen MR) is 108 cm³/mol. The van der Waals surface area contributed by atoms with Gasteiger partial charge in [0, 0.05) is 11.6 Å². The summed E-state index contributed by atoms with van der Waals surface area (Å²) in [6.07, 6.45) is 3.71. The number of fused-ring (bicyclic) bond motifs is 1. The molecule has 1 fully saturated rings. The lowest BCUT2D eigenvalue weighted by atomic mass is 10.0. The number of carbonyl (C=O) groups is 1. The van der Waals surface area contributed by atoms with E-state index in [0.29, 0.717) is 14.9 Å². The molecule has 26 heavy (non-hydrogen) atoms. The predicted octanol–water partition coefficient (Wildman–Crippen LogP) is 4.51. The molecule has 130 valence electrons. The Kier molecular flexibility index (Phi) is 4.30. The quantitative estimate of drug-likeness (QED) is 0.613. The van der Waals surface area contributed by atoms with E-state index in [1.54, 1.807) is 18.2 Å². The van der Waals surface area contributed by atoms with E-state index in [4.69, 9.17) is 17.0 Å². The van der Waals surface area contributed by atoms with Gasteiger partial charge in [-0.3, -0.25) is 9.69 Å². The normalized spacial score (nSPS) is 20.8. The number of carbonyl (C=O) groups excluding carboxylic acids is 1. The highest BCUT2D eigenvalue weighted by Crippen LogP contribution is 2.38. The number of thiocarbonyl (C=S) groups is 1. The van der Waals surface area contributed by atoms with Gasteiger partial charge in [0.05, 0.1) is 10.6 Å². The van der Waals surface area contributed by atoms with Crippen molar-refractivity contribution in [1.29, 1.82) is 0 Å². The van der Waals surface area contributed by atoms with Gasteiger partial charge in [0.2, 0.25) is 0 Å². The van der Waals surface area contributed by atoms with Gasteiger partial charge in [-0.15, -0.1) is 0 Å². The molecule has 0 unspecified atom stereocenters. The molecule has 0 saturated carbocycles. The summed E-state index contributed by atoms with van der Waals surface area (Å²) >= 11 is 6.63. The topological polar surface area (TPSA) is 49.8 Å². The minimum absolute atomic E-state index is 0.0918. The van der Waals surface area contributed by atoms with Gasteiger partial charge in [-0.25, -0.2) is 0 Å². The molecule has 0 bridgehead atoms. The number of amides is 1. The van der Waals surface area contributed by atoms with Crippen molar-refractivity contribution >= 4 is 46.0 Å². The Bertz CT molecular complexity index is 981. The van der Waals surface area contributed by atoms with E-state index in [2.05, 4.69) is 0 Å². The molecule has 0 aliphatic carbocycles. The molecule has 4 nitrogen and oxygen atoms in total. The van der Waals surface area contributed by atoms with E-state index < -0.39 is 0 Å². The molecule has 4 rings (SSSR count). The van der Waals surface area contributed by atoms with E-state index in [-0.39, 0.29) is 17.8 Å². The molecule has 0 radical (unpaired) electrons. The van der Waals surface area contributed by atoms with Crippen molar-refractivity contribution in [3.05, 3.63) is 70.6 Å². The lowest BCUT2D eigenvalue weighted by Gasteiger charge is -2.23. The third kappa shape index (κ3) is 3.02. The average molecular weight is 381 g/mol. The SMILES string of the molecule is C[C@@H]1Oc2ccccc2C=C1/C=C1\SC(=S)N(c2cccc(O)c2)C1=O. The van der Waals surface area contributed by atoms with E-state index in [1.807, 2.05) is 43.3 Å². The van der Waals surface area contributed by atoms with Crippen LogP contribution in [0.4, 0.5) is 5.69 Å². The van der Waals surface area contributed by atoms with Crippen LogP contribution in [0.3, 0.4) is 0 Å². The Labute approximate surface area is 160 Å². The molecule has 2 aromatic carbocycles. The third-order valence-corrected chi connectivity index (χ3v) is 5.50. The molecule has 6 heteroatoms. The van der Waals surface area contributed by atoms with Crippen LogP contribution in [0.5, 0.6) is 11.5 Å². The summed E-state index contributed by atoms with van der Waals surface area (Å²) in [5.41, 5.74) is 2.46. The number of benzene rings is 2. The monoisotopic (exact) mass is 381 g/mol. The minimum atomic E-state index is -0.197. The van der Waals surface area contributed by atoms with Crippen molar-refractivity contribution in [2.45, 2.75) is 13.0 Å². The number of rotatable bonds is 2. The fourth-order valence-corrected chi connectivity index (χ4v) is 4.19. The zero-order chi connectivity index (χ0) is 18.3. The number of aromatic hydroxyl groups is 1. The lowest BCUT2D eigenvalue weighted by Crippen LogP contribution is -2.27. The number of para-hydroxylation sites is 1. The van der Waals surface area contributed by atoms with Crippen molar-refractivity contribution in [2.24, 2.45) is 0 Å². The standard InChI is InChI=1S/C20H15NO3S2/c1-12-14(9-13-5-2-3-8-17(13)24-12)10-18-19(23)21(20(25)26-18)15-6-4-7-16(22)11-15/h2-12,22H,1H3/b18-10-/t12-/m0/s1. The maximum Gasteiger partial charge on any atom is 0.270 e. The number of ether oxygens (including phenoxy) is 1. The second kappa shape index (κ2) is 6.63. The first-order chi connectivity index (χ1) is 12.5. The first-order valence-electron chi connectivity index (χ1n) is 8.07. The van der Waals surface area contributed by atoms with Crippen LogP contribution in [0.1, 0.15) is 12.5 Å². The fourth-order valence-electron chi connectivity index (χ4n) is 2.90. The molecular weight excluding hydrogens is 366 g/mol. The van der Waals surface area contributed by atoms with E-state index in [1.165, 1.54) is 22.7 Å². The summed E-state index contributed by atoms with van der Waals surface area (Å²) in [7, 11) is 0. The van der Waals surface area contributed by atoms with Crippen molar-refractivity contribution < 1.29 is 14.6 Å². The van der Waals surface area contributed by atoms with Crippen LogP contribution in [-0.4, -0.2) is 21.4 Å². The number of anilines is 1. The molecule has 1 atom stereocenters. The van der Waals surface area contributed by atoms with Crippen LogP contribution in [-0.2, 0) is 4.79 Å². The molecule has 2 aliphatic rings. The second-order valence-electron chi connectivity index (χ2n) is 5.98. The van der Waals surface area contributed by atoms with Crippen LogP contribution >= 0.6 is 24.0 Å². The highest BCUT2D eigenvalue weighted by molar-refractivity contribution is 8.27. The highest BCUT2D eigenvalue weighted by Gasteiger charge is 2.34. The molecule has 0 aromatic heterocycles. The summed E-state index contributed by atoms with van der Waals surface area (Å²) < 4.78 is 6.37. The maximum atomic E-state index is 12.9. The van der Waals surface area contributed by atoms with Crippen LogP contribution in [0.25, 0.3) is 6.08 Å². The van der Waals surface area contributed by atoms with E-state index in [0.717, 1.165) is 16.9 Å². The molecule has 1 saturated heterocycles. The molecule has 0 spiro atoms. The van der Waals surface area contributed by atoms with Gasteiger partial charge in [0.25, 0.3) is 5.91 Å². The summed E-state index contributed by atoms with van der Waals surface area (Å²) in [4.78, 5) is 14.8. The van der Waals surface area contributed by atoms with Gasteiger partial charge in [-0.1, -0.05) is 48.2 Å². The first kappa shape index (κ1) is 16.9. The van der Waals surface area contributed by atoms with Crippen molar-refractivity contribution in [2.75, 3.05) is 4.90 Å². The van der Waals surface area contributed by atoms with Crippen molar-refractivity contribution in [3.8, 4) is 11.5 Å². The largest absolute Gasteiger partial charge is 0.508 e. The molecule has 1 N–H and O–H groups in total. The van der Waals surface area contributed by atoms with Crippen molar-refractivity contribution in [1.82, 2.24) is 0 Å². The molecule has 1 amide bonds. The Hall–Kier alpha value is -2.57. The molecule has 2 heterocycles. The van der Waals surface area contributed by atoms with Crippen LogP contribution in [0.15, 0.2) is 65.1 Å². The van der Waals surface area contributed by atoms with Crippen LogP contribution in [0.2, 0.25) is 0 Å². The molecule has 2 aliphatic heterocycles. The summed E-state index contributed by atoms with van der Waals surface area (Å²) in [6.45, 7) is 1.95. The zero-order valence-electron chi connectivity index (χ0n) is 13.9. The number of phenolic OH excluding ortho intramolecular Hbond substituents is 1. The summed E-state index contributed by atoms with van der Waals surface area (Å²) in [5.74, 6) is 0.733. The number of hydrogen-bond donors (Lipinski definition) is 1. The fraction of sp³-hybridized carbons (Fsp3) is 0.100. The highest BCUT2D eigenvalue weighted by atomic mass is 32.2. The number of thioether (sulfide) groups is 1. The summed E-state index contributed by atoms with van der Waals surface area (Å²) in [5, 5.41) is 9.67. The van der Waals surface area contributed by atoms with Gasteiger partial charge in [0.1, 0.15) is 17.6 Å². The van der Waals surface area contributed by atoms with Crippen LogP contribution in [0, 0.1) is 0 Å². The van der Waals surface area contributed by atoms with Crippen LogP contribution < -0.4 is 9.64 Å². The average Bonchev–Trinajstić information content (AvgIpc) is 2.89.